The van der Waals surface area contributed by atoms with E-state index < -0.39 is 17.5 Å². The number of ether oxygens (including phenoxy) is 1. The number of hydrogen-bond acceptors (Lipinski definition) is 3. The van der Waals surface area contributed by atoms with E-state index in [1.807, 2.05) is 0 Å². The van der Waals surface area contributed by atoms with Gasteiger partial charge in [0, 0.05) is 26.2 Å². The van der Waals surface area contributed by atoms with Crippen LogP contribution in [0.3, 0.4) is 0 Å². The van der Waals surface area contributed by atoms with Crippen LogP contribution in [0.2, 0.25) is 0 Å². The molecule has 4 nitrogen and oxygen atoms in total. The Balaban J connectivity index is 2.18. The lowest BCUT2D eigenvalue weighted by atomic mass is 9.84. The van der Waals surface area contributed by atoms with E-state index >= 15 is 0 Å². The molecule has 18 heavy (non-hydrogen) atoms. The summed E-state index contributed by atoms with van der Waals surface area (Å²) in [6.45, 7) is 1.32. The van der Waals surface area contributed by atoms with Gasteiger partial charge in [-0.3, -0.25) is 4.79 Å². The van der Waals surface area contributed by atoms with Crippen molar-refractivity contribution in [2.24, 2.45) is 5.41 Å². The molecule has 0 saturated carbocycles. The van der Waals surface area contributed by atoms with Gasteiger partial charge in [0.2, 0.25) is 5.91 Å². The second-order valence-electron chi connectivity index (χ2n) is 4.76. The highest BCUT2D eigenvalue weighted by Gasteiger charge is 2.62. The summed E-state index contributed by atoms with van der Waals surface area (Å²) in [6.07, 6.45) is -4.08. The maximum absolute atomic E-state index is 13.2. The summed E-state index contributed by atoms with van der Waals surface area (Å²) >= 11 is 0. The topological polar surface area (TPSA) is 41.6 Å². The van der Waals surface area contributed by atoms with Gasteiger partial charge in [0.15, 0.2) is 5.41 Å². The van der Waals surface area contributed by atoms with Crippen molar-refractivity contribution in [1.82, 2.24) is 10.2 Å². The number of halogens is 3. The maximum atomic E-state index is 13.2. The quantitative estimate of drug-likeness (QED) is 0.762. The average molecular weight is 266 g/mol. The van der Waals surface area contributed by atoms with Crippen LogP contribution in [0.15, 0.2) is 0 Å². The molecule has 2 rings (SSSR count). The van der Waals surface area contributed by atoms with Gasteiger partial charge >= 0.3 is 6.18 Å². The molecule has 0 aromatic heterocycles. The van der Waals surface area contributed by atoms with Crippen LogP contribution in [-0.4, -0.2) is 56.4 Å². The summed E-state index contributed by atoms with van der Waals surface area (Å²) in [4.78, 5) is 13.5. The van der Waals surface area contributed by atoms with Crippen LogP contribution in [0.5, 0.6) is 0 Å². The van der Waals surface area contributed by atoms with Crippen molar-refractivity contribution in [2.45, 2.75) is 19.0 Å². The van der Waals surface area contributed by atoms with E-state index in [0.29, 0.717) is 26.2 Å². The molecule has 2 aliphatic rings. The molecule has 2 saturated heterocycles. The first kappa shape index (κ1) is 13.6. The smallest absolute Gasteiger partial charge is 0.380 e. The van der Waals surface area contributed by atoms with E-state index in [1.165, 1.54) is 4.90 Å². The van der Waals surface area contributed by atoms with Gasteiger partial charge in [-0.1, -0.05) is 0 Å². The van der Waals surface area contributed by atoms with Gasteiger partial charge in [-0.2, -0.15) is 13.2 Å². The Morgan fingerprint density at radius 1 is 1.28 bits per heavy atom. The van der Waals surface area contributed by atoms with Gasteiger partial charge < -0.3 is 15.0 Å². The van der Waals surface area contributed by atoms with Gasteiger partial charge in [0.25, 0.3) is 0 Å². The second kappa shape index (κ2) is 5.05. The Morgan fingerprint density at radius 2 is 2.06 bits per heavy atom. The molecule has 1 amide bonds. The van der Waals surface area contributed by atoms with Gasteiger partial charge in [-0.15, -0.1) is 0 Å². The number of nitrogens with one attached hydrogen (secondary N) is 1. The SMILES string of the molecule is O=C(N1CCCOCC1)C1(C(F)(F)F)CCNC1. The minimum absolute atomic E-state index is 0.174. The number of alkyl halides is 3. The minimum Gasteiger partial charge on any atom is -0.380 e. The third kappa shape index (κ3) is 2.33. The van der Waals surface area contributed by atoms with E-state index in [9.17, 15) is 18.0 Å². The molecule has 0 radical (unpaired) electrons. The highest BCUT2D eigenvalue weighted by Crippen LogP contribution is 2.44. The molecule has 2 heterocycles. The number of amides is 1. The summed E-state index contributed by atoms with van der Waals surface area (Å²) in [6, 6.07) is 0. The Kier molecular flexibility index (Phi) is 3.82. The Bertz CT molecular complexity index is 306. The number of rotatable bonds is 1. The average Bonchev–Trinajstić information content (AvgIpc) is 2.66. The van der Waals surface area contributed by atoms with Crippen LogP contribution in [0, 0.1) is 5.41 Å². The Hall–Kier alpha value is -0.820. The first-order valence-electron chi connectivity index (χ1n) is 6.12. The summed E-state index contributed by atoms with van der Waals surface area (Å²) in [5.74, 6) is -0.800. The number of carbonyl (C=O) groups excluding carboxylic acids is 1. The minimum atomic E-state index is -4.50. The standard InChI is InChI=1S/C11H17F3N2O2/c12-11(13,14)10(2-3-15-8-10)9(17)16-4-1-6-18-7-5-16/h15H,1-8H2. The van der Waals surface area contributed by atoms with Crippen molar-refractivity contribution in [1.29, 1.82) is 0 Å². The summed E-state index contributed by atoms with van der Waals surface area (Å²) in [5.41, 5.74) is -2.24. The molecule has 104 valence electrons. The van der Waals surface area contributed by atoms with Crippen molar-refractivity contribution in [3.05, 3.63) is 0 Å². The number of carbonyl (C=O) groups is 1. The Labute approximate surface area is 103 Å². The van der Waals surface area contributed by atoms with Gasteiger partial charge in [-0.05, 0) is 19.4 Å². The van der Waals surface area contributed by atoms with Crippen LogP contribution in [0.4, 0.5) is 13.2 Å². The third-order valence-electron chi connectivity index (χ3n) is 3.62. The summed E-state index contributed by atoms with van der Waals surface area (Å²) in [5, 5.41) is 2.66. The zero-order valence-corrected chi connectivity index (χ0v) is 10.1. The van der Waals surface area contributed by atoms with E-state index in [0.717, 1.165) is 0 Å². The molecule has 2 fully saturated rings. The molecule has 0 aromatic rings. The first-order valence-corrected chi connectivity index (χ1v) is 6.12. The molecule has 2 aliphatic heterocycles. The van der Waals surface area contributed by atoms with Crippen LogP contribution >= 0.6 is 0 Å². The first-order chi connectivity index (χ1) is 8.47. The molecule has 1 atom stereocenters. The van der Waals surface area contributed by atoms with E-state index in [1.54, 1.807) is 0 Å². The van der Waals surface area contributed by atoms with Crippen molar-refractivity contribution < 1.29 is 22.7 Å². The zero-order valence-electron chi connectivity index (χ0n) is 10.1. The molecular formula is C11H17F3N2O2. The van der Waals surface area contributed by atoms with Gasteiger partial charge in [0.05, 0.1) is 6.61 Å². The molecule has 0 bridgehead atoms. The number of nitrogens with zero attached hydrogens (tertiary/aromatic N) is 1. The fraction of sp³-hybridized carbons (Fsp3) is 0.909. The number of hydrogen-bond donors (Lipinski definition) is 1. The lowest BCUT2D eigenvalue weighted by Gasteiger charge is -2.34. The van der Waals surface area contributed by atoms with Crippen LogP contribution in [-0.2, 0) is 9.53 Å². The molecule has 1 N–H and O–H groups in total. The summed E-state index contributed by atoms with van der Waals surface area (Å²) in [7, 11) is 0. The fourth-order valence-electron chi connectivity index (χ4n) is 2.49. The van der Waals surface area contributed by atoms with Gasteiger partial charge in [-0.25, -0.2) is 0 Å². The third-order valence-corrected chi connectivity index (χ3v) is 3.62. The molecule has 0 aliphatic carbocycles. The highest BCUT2D eigenvalue weighted by atomic mass is 19.4. The lowest BCUT2D eigenvalue weighted by Crippen LogP contribution is -2.54. The lowest BCUT2D eigenvalue weighted by molar-refractivity contribution is -0.221. The molecule has 0 spiro atoms. The molecular weight excluding hydrogens is 249 g/mol. The van der Waals surface area contributed by atoms with Crippen molar-refractivity contribution in [3.63, 3.8) is 0 Å². The van der Waals surface area contributed by atoms with Crippen LogP contribution < -0.4 is 5.32 Å². The van der Waals surface area contributed by atoms with Gasteiger partial charge in [0.1, 0.15) is 0 Å². The van der Waals surface area contributed by atoms with Crippen LogP contribution in [0.1, 0.15) is 12.8 Å². The van der Waals surface area contributed by atoms with E-state index in [-0.39, 0.29) is 26.1 Å². The predicted octanol–water partition coefficient (Wildman–Crippen LogP) is 0.777. The largest absolute Gasteiger partial charge is 0.404 e. The zero-order chi connectivity index (χ0) is 13.2. The fourth-order valence-corrected chi connectivity index (χ4v) is 2.49. The van der Waals surface area contributed by atoms with Crippen molar-refractivity contribution in [3.8, 4) is 0 Å². The molecule has 0 aromatic carbocycles. The predicted molar refractivity (Wildman–Crippen MR) is 58.0 cm³/mol. The molecule has 1 unspecified atom stereocenters. The summed E-state index contributed by atoms with van der Waals surface area (Å²) < 4.78 is 44.8. The second-order valence-corrected chi connectivity index (χ2v) is 4.76. The van der Waals surface area contributed by atoms with E-state index in [2.05, 4.69) is 5.32 Å². The van der Waals surface area contributed by atoms with E-state index in [4.69, 9.17) is 4.74 Å². The monoisotopic (exact) mass is 266 g/mol. The molecule has 7 heteroatoms. The van der Waals surface area contributed by atoms with Crippen molar-refractivity contribution in [2.75, 3.05) is 39.4 Å². The van der Waals surface area contributed by atoms with Crippen molar-refractivity contribution >= 4 is 5.91 Å². The Morgan fingerprint density at radius 3 is 2.67 bits per heavy atom. The van der Waals surface area contributed by atoms with Crippen LogP contribution in [0.25, 0.3) is 0 Å². The maximum Gasteiger partial charge on any atom is 0.404 e. The normalized spacial score (nSPS) is 30.3. The highest BCUT2D eigenvalue weighted by molar-refractivity contribution is 5.84.